The second-order valence-electron chi connectivity index (χ2n) is 4.29. The molecule has 0 aliphatic rings. The zero-order valence-electron chi connectivity index (χ0n) is 10.3. The van der Waals surface area contributed by atoms with Crippen molar-refractivity contribution < 1.29 is 4.52 Å². The lowest BCUT2D eigenvalue weighted by Gasteiger charge is -2.03. The van der Waals surface area contributed by atoms with Gasteiger partial charge in [0.2, 0.25) is 0 Å². The molecule has 0 radical (unpaired) electrons. The molecule has 100 valence electrons. The number of nitrogen functional groups attached to an aromatic ring is 1. The smallest absolute Gasteiger partial charge is 0.176 e. The lowest BCUT2D eigenvalue weighted by atomic mass is 10.0. The summed E-state index contributed by atoms with van der Waals surface area (Å²) in [5.74, 6) is 1.06. The quantitative estimate of drug-likeness (QED) is 0.657. The number of nitrogens with zero attached hydrogens (tertiary/aromatic N) is 1. The monoisotopic (exact) mass is 392 g/mol. The second-order valence-corrected chi connectivity index (χ2v) is 6.12. The Hall–Kier alpha value is -1.59. The van der Waals surface area contributed by atoms with Crippen molar-refractivity contribution in [2.75, 3.05) is 5.73 Å². The summed E-state index contributed by atoms with van der Waals surface area (Å²) in [5, 5.41) is 3.90. The Morgan fingerprint density at radius 2 is 1.65 bits per heavy atom. The maximum absolute atomic E-state index is 5.96. The third kappa shape index (κ3) is 2.51. The molecule has 0 unspecified atom stereocenters. The third-order valence-electron chi connectivity index (χ3n) is 2.94. The second kappa shape index (κ2) is 5.42. The van der Waals surface area contributed by atoms with Gasteiger partial charge < -0.3 is 10.3 Å². The fourth-order valence-electron chi connectivity index (χ4n) is 2.02. The number of rotatable bonds is 2. The Morgan fingerprint density at radius 3 is 2.35 bits per heavy atom. The van der Waals surface area contributed by atoms with Gasteiger partial charge in [0.1, 0.15) is 0 Å². The van der Waals surface area contributed by atoms with E-state index in [4.69, 9.17) is 10.3 Å². The first-order chi connectivity index (χ1) is 9.65. The Morgan fingerprint density at radius 1 is 0.900 bits per heavy atom. The van der Waals surface area contributed by atoms with E-state index in [2.05, 4.69) is 37.0 Å². The van der Waals surface area contributed by atoms with E-state index in [0.29, 0.717) is 11.6 Å². The van der Waals surface area contributed by atoms with Gasteiger partial charge in [-0.1, -0.05) is 61.3 Å². The molecular weight excluding hydrogens is 384 g/mol. The van der Waals surface area contributed by atoms with Gasteiger partial charge >= 0.3 is 0 Å². The molecule has 0 aliphatic carbocycles. The minimum Gasteiger partial charge on any atom is -0.380 e. The van der Waals surface area contributed by atoms with E-state index >= 15 is 0 Å². The van der Waals surface area contributed by atoms with Crippen LogP contribution in [0.2, 0.25) is 0 Å². The molecule has 5 heteroatoms. The molecular formula is C15H10Br2N2O. The van der Waals surface area contributed by atoms with Crippen LogP contribution in [0, 0.1) is 0 Å². The lowest BCUT2D eigenvalue weighted by molar-refractivity contribution is 0.436. The molecule has 0 atom stereocenters. The molecule has 3 rings (SSSR count). The average Bonchev–Trinajstić information content (AvgIpc) is 2.82. The Labute approximate surface area is 133 Å². The van der Waals surface area contributed by atoms with E-state index in [1.165, 1.54) is 0 Å². The molecule has 3 nitrogen and oxygen atoms in total. The largest absolute Gasteiger partial charge is 0.380 e. The highest BCUT2D eigenvalue weighted by molar-refractivity contribution is 9.10. The predicted octanol–water partition coefficient (Wildman–Crippen LogP) is 5.12. The van der Waals surface area contributed by atoms with Gasteiger partial charge in [0.05, 0.1) is 5.56 Å². The molecule has 2 aromatic carbocycles. The van der Waals surface area contributed by atoms with Crippen molar-refractivity contribution >= 4 is 37.7 Å². The first-order valence-electron chi connectivity index (χ1n) is 5.92. The van der Waals surface area contributed by atoms with Crippen molar-refractivity contribution in [1.29, 1.82) is 0 Å². The number of nitrogens with two attached hydrogens (primary N) is 1. The number of aromatic nitrogens is 1. The first kappa shape index (κ1) is 13.4. The summed E-state index contributed by atoms with van der Waals surface area (Å²) < 4.78 is 7.41. The van der Waals surface area contributed by atoms with Gasteiger partial charge in [0.25, 0.3) is 0 Å². The van der Waals surface area contributed by atoms with Gasteiger partial charge in [-0.05, 0) is 29.8 Å². The summed E-state index contributed by atoms with van der Waals surface area (Å²) in [6, 6.07) is 15.7. The number of halogens is 2. The molecule has 0 saturated carbocycles. The summed E-state index contributed by atoms with van der Waals surface area (Å²) in [4.78, 5) is 0. The minimum absolute atomic E-state index is 0.391. The molecule has 1 heterocycles. The lowest BCUT2D eigenvalue weighted by Crippen LogP contribution is -1.88. The fraction of sp³-hybridized carbons (Fsp3) is 0. The highest BCUT2D eigenvalue weighted by Gasteiger charge is 2.17. The number of hydrogen-bond acceptors (Lipinski definition) is 3. The van der Waals surface area contributed by atoms with Crippen LogP contribution in [-0.2, 0) is 0 Å². The predicted molar refractivity (Wildman–Crippen MR) is 87.2 cm³/mol. The summed E-state index contributed by atoms with van der Waals surface area (Å²) >= 11 is 6.88. The van der Waals surface area contributed by atoms with Crippen LogP contribution in [0.25, 0.3) is 22.5 Å². The van der Waals surface area contributed by atoms with Crippen LogP contribution in [0.1, 0.15) is 0 Å². The van der Waals surface area contributed by atoms with Crippen molar-refractivity contribution in [2.45, 2.75) is 0 Å². The first-order valence-corrected chi connectivity index (χ1v) is 7.51. The van der Waals surface area contributed by atoms with E-state index in [9.17, 15) is 0 Å². The van der Waals surface area contributed by atoms with Crippen molar-refractivity contribution in [3.8, 4) is 22.5 Å². The maximum Gasteiger partial charge on any atom is 0.176 e. The molecule has 1 aromatic heterocycles. The van der Waals surface area contributed by atoms with E-state index < -0.39 is 0 Å². The van der Waals surface area contributed by atoms with Crippen LogP contribution in [0.3, 0.4) is 0 Å². The van der Waals surface area contributed by atoms with Gasteiger partial charge in [0.15, 0.2) is 11.6 Å². The number of anilines is 1. The maximum atomic E-state index is 5.96. The SMILES string of the molecule is Nc1noc(-c2cccc(Br)c2)c1-c1ccc(Br)cc1. The van der Waals surface area contributed by atoms with Crippen molar-refractivity contribution in [3.63, 3.8) is 0 Å². The van der Waals surface area contributed by atoms with E-state index in [-0.39, 0.29) is 0 Å². The highest BCUT2D eigenvalue weighted by atomic mass is 79.9. The van der Waals surface area contributed by atoms with Gasteiger partial charge in [-0.2, -0.15) is 0 Å². The number of hydrogen-bond donors (Lipinski definition) is 1. The molecule has 0 bridgehead atoms. The fourth-order valence-corrected chi connectivity index (χ4v) is 2.69. The standard InChI is InChI=1S/C15H10Br2N2O/c16-11-6-4-9(5-7-11)13-14(20-19-15(13)18)10-2-1-3-12(17)8-10/h1-8H,(H2,18,19). The zero-order chi connectivity index (χ0) is 14.1. The van der Waals surface area contributed by atoms with E-state index in [1.807, 2.05) is 48.5 Å². The molecule has 3 aromatic rings. The normalized spacial score (nSPS) is 10.7. The highest BCUT2D eigenvalue weighted by Crippen LogP contribution is 2.37. The Kier molecular flexibility index (Phi) is 3.63. The summed E-state index contributed by atoms with van der Waals surface area (Å²) in [7, 11) is 0. The van der Waals surface area contributed by atoms with Crippen molar-refractivity contribution in [3.05, 3.63) is 57.5 Å². The summed E-state index contributed by atoms with van der Waals surface area (Å²) in [6.45, 7) is 0. The minimum atomic E-state index is 0.391. The molecule has 2 N–H and O–H groups in total. The molecule has 20 heavy (non-hydrogen) atoms. The van der Waals surface area contributed by atoms with Crippen molar-refractivity contribution in [2.24, 2.45) is 0 Å². The Balaban J connectivity index is 2.17. The van der Waals surface area contributed by atoms with E-state index in [0.717, 1.165) is 25.6 Å². The Bertz CT molecular complexity index is 751. The van der Waals surface area contributed by atoms with Crippen LogP contribution in [-0.4, -0.2) is 5.16 Å². The topological polar surface area (TPSA) is 52.0 Å². The van der Waals surface area contributed by atoms with Crippen LogP contribution in [0.15, 0.2) is 62.0 Å². The van der Waals surface area contributed by atoms with Crippen LogP contribution < -0.4 is 5.73 Å². The zero-order valence-corrected chi connectivity index (χ0v) is 13.5. The van der Waals surface area contributed by atoms with Gasteiger partial charge in [-0.25, -0.2) is 0 Å². The third-order valence-corrected chi connectivity index (χ3v) is 3.96. The number of benzene rings is 2. The molecule has 0 fully saturated rings. The summed E-state index contributed by atoms with van der Waals surface area (Å²) in [5.41, 5.74) is 8.68. The van der Waals surface area contributed by atoms with Gasteiger partial charge in [-0.15, -0.1) is 0 Å². The molecule has 0 amide bonds. The van der Waals surface area contributed by atoms with Gasteiger partial charge in [0, 0.05) is 14.5 Å². The van der Waals surface area contributed by atoms with Crippen LogP contribution >= 0.6 is 31.9 Å². The van der Waals surface area contributed by atoms with Gasteiger partial charge in [-0.3, -0.25) is 0 Å². The molecule has 0 saturated heterocycles. The van der Waals surface area contributed by atoms with Crippen LogP contribution in [0.4, 0.5) is 5.82 Å². The molecule has 0 spiro atoms. The summed E-state index contributed by atoms with van der Waals surface area (Å²) in [6.07, 6.45) is 0. The average molecular weight is 394 g/mol. The van der Waals surface area contributed by atoms with Crippen LogP contribution in [0.5, 0.6) is 0 Å². The van der Waals surface area contributed by atoms with Crippen molar-refractivity contribution in [1.82, 2.24) is 5.16 Å². The van der Waals surface area contributed by atoms with E-state index in [1.54, 1.807) is 0 Å². The molecule has 0 aliphatic heterocycles.